The summed E-state index contributed by atoms with van der Waals surface area (Å²) in [6, 6.07) is 0. The van der Waals surface area contributed by atoms with Crippen molar-refractivity contribution in [3.8, 4) is 0 Å². The molecule has 0 atom stereocenters. The van der Waals surface area contributed by atoms with Gasteiger partial charge in [0.15, 0.2) is 0 Å². The van der Waals surface area contributed by atoms with E-state index in [0.29, 0.717) is 5.41 Å². The SMILES string of the molecule is CC(C)(C)CNCc1cnccn1. The first kappa shape index (κ1) is 10.1. The molecule has 3 nitrogen and oxygen atoms in total. The molecule has 0 aliphatic heterocycles. The molecule has 72 valence electrons. The van der Waals surface area contributed by atoms with Crippen molar-refractivity contribution in [2.75, 3.05) is 6.54 Å². The van der Waals surface area contributed by atoms with Crippen molar-refractivity contribution in [3.63, 3.8) is 0 Å². The van der Waals surface area contributed by atoms with Crippen LogP contribution in [0.2, 0.25) is 0 Å². The van der Waals surface area contributed by atoms with Crippen molar-refractivity contribution in [1.82, 2.24) is 15.3 Å². The molecule has 13 heavy (non-hydrogen) atoms. The molecule has 0 aliphatic carbocycles. The van der Waals surface area contributed by atoms with Crippen LogP contribution in [-0.4, -0.2) is 16.5 Å². The maximum absolute atomic E-state index is 4.17. The van der Waals surface area contributed by atoms with Crippen molar-refractivity contribution < 1.29 is 0 Å². The fourth-order valence-corrected chi connectivity index (χ4v) is 0.987. The third kappa shape index (κ3) is 4.58. The van der Waals surface area contributed by atoms with Gasteiger partial charge >= 0.3 is 0 Å². The summed E-state index contributed by atoms with van der Waals surface area (Å²) in [5.74, 6) is 0. The molecular weight excluding hydrogens is 162 g/mol. The Balaban J connectivity index is 2.29. The smallest absolute Gasteiger partial charge is 0.0724 e. The number of hydrogen-bond acceptors (Lipinski definition) is 3. The Bertz CT molecular complexity index is 238. The Hall–Kier alpha value is -0.960. The monoisotopic (exact) mass is 179 g/mol. The molecule has 0 radical (unpaired) electrons. The van der Waals surface area contributed by atoms with Crippen LogP contribution in [0.4, 0.5) is 0 Å². The van der Waals surface area contributed by atoms with Gasteiger partial charge in [-0.2, -0.15) is 0 Å². The van der Waals surface area contributed by atoms with Crippen LogP contribution in [0.25, 0.3) is 0 Å². The maximum Gasteiger partial charge on any atom is 0.0724 e. The zero-order valence-electron chi connectivity index (χ0n) is 8.54. The molecule has 1 heterocycles. The Labute approximate surface area is 79.6 Å². The van der Waals surface area contributed by atoms with Crippen LogP contribution in [0, 0.1) is 5.41 Å². The molecule has 0 amide bonds. The van der Waals surface area contributed by atoms with Gasteiger partial charge in [0.2, 0.25) is 0 Å². The van der Waals surface area contributed by atoms with Crippen molar-refractivity contribution in [3.05, 3.63) is 24.3 Å². The lowest BCUT2D eigenvalue weighted by molar-refractivity contribution is 0.378. The Morgan fingerprint density at radius 2 is 2.08 bits per heavy atom. The maximum atomic E-state index is 4.17. The third-order valence-corrected chi connectivity index (χ3v) is 1.58. The van der Waals surface area contributed by atoms with Gasteiger partial charge in [-0.1, -0.05) is 20.8 Å². The first-order valence-electron chi connectivity index (χ1n) is 4.53. The summed E-state index contributed by atoms with van der Waals surface area (Å²) in [7, 11) is 0. The highest BCUT2D eigenvalue weighted by Crippen LogP contribution is 2.10. The normalized spacial score (nSPS) is 11.6. The summed E-state index contributed by atoms with van der Waals surface area (Å²) in [4.78, 5) is 8.17. The molecule has 0 saturated carbocycles. The van der Waals surface area contributed by atoms with Crippen LogP contribution < -0.4 is 5.32 Å². The van der Waals surface area contributed by atoms with E-state index in [4.69, 9.17) is 0 Å². The second kappa shape index (κ2) is 4.33. The molecule has 0 saturated heterocycles. The van der Waals surface area contributed by atoms with Gasteiger partial charge in [0, 0.05) is 31.7 Å². The highest BCUT2D eigenvalue weighted by atomic mass is 14.9. The molecule has 3 heteroatoms. The molecule has 0 bridgehead atoms. The first-order chi connectivity index (χ1) is 6.08. The third-order valence-electron chi connectivity index (χ3n) is 1.58. The number of rotatable bonds is 3. The zero-order valence-corrected chi connectivity index (χ0v) is 8.54. The van der Waals surface area contributed by atoms with Crippen LogP contribution in [0.15, 0.2) is 18.6 Å². The van der Waals surface area contributed by atoms with Crippen molar-refractivity contribution in [2.24, 2.45) is 5.41 Å². The van der Waals surface area contributed by atoms with E-state index in [1.807, 2.05) is 0 Å². The minimum atomic E-state index is 0.322. The summed E-state index contributed by atoms with van der Waals surface area (Å²) in [6.45, 7) is 8.40. The van der Waals surface area contributed by atoms with Crippen molar-refractivity contribution >= 4 is 0 Å². The highest BCUT2D eigenvalue weighted by molar-refractivity contribution is 4.93. The topological polar surface area (TPSA) is 37.8 Å². The lowest BCUT2D eigenvalue weighted by Gasteiger charge is -2.18. The first-order valence-corrected chi connectivity index (χ1v) is 4.53. The average Bonchev–Trinajstić information content (AvgIpc) is 2.04. The molecule has 0 aromatic carbocycles. The Kier molecular flexibility index (Phi) is 3.37. The van der Waals surface area contributed by atoms with Gasteiger partial charge in [0.1, 0.15) is 0 Å². The fraction of sp³-hybridized carbons (Fsp3) is 0.600. The summed E-state index contributed by atoms with van der Waals surface area (Å²) < 4.78 is 0. The van der Waals surface area contributed by atoms with E-state index in [0.717, 1.165) is 18.8 Å². The van der Waals surface area contributed by atoms with Gasteiger partial charge < -0.3 is 5.32 Å². The van der Waals surface area contributed by atoms with Crippen LogP contribution >= 0.6 is 0 Å². The van der Waals surface area contributed by atoms with Crippen LogP contribution in [0.1, 0.15) is 26.5 Å². The molecule has 1 aromatic heterocycles. The molecule has 1 N–H and O–H groups in total. The van der Waals surface area contributed by atoms with E-state index < -0.39 is 0 Å². The number of hydrogen-bond donors (Lipinski definition) is 1. The number of aromatic nitrogens is 2. The zero-order chi connectivity index (χ0) is 9.73. The molecule has 0 spiro atoms. The van der Waals surface area contributed by atoms with Crippen LogP contribution in [0.3, 0.4) is 0 Å². The van der Waals surface area contributed by atoms with Gasteiger partial charge in [0.05, 0.1) is 5.69 Å². The second-order valence-corrected chi connectivity index (χ2v) is 4.36. The minimum Gasteiger partial charge on any atom is -0.311 e. The van der Waals surface area contributed by atoms with E-state index in [1.54, 1.807) is 18.6 Å². The van der Waals surface area contributed by atoms with Gasteiger partial charge in [0.25, 0.3) is 0 Å². The van der Waals surface area contributed by atoms with Crippen molar-refractivity contribution in [2.45, 2.75) is 27.3 Å². The summed E-state index contributed by atoms with van der Waals surface area (Å²) >= 11 is 0. The second-order valence-electron chi connectivity index (χ2n) is 4.36. The fourth-order valence-electron chi connectivity index (χ4n) is 0.987. The minimum absolute atomic E-state index is 0.322. The van der Waals surface area contributed by atoms with Gasteiger partial charge in [-0.3, -0.25) is 9.97 Å². The molecule has 0 aliphatic rings. The van der Waals surface area contributed by atoms with Crippen LogP contribution in [0.5, 0.6) is 0 Å². The molecule has 1 rings (SSSR count). The molecule has 0 unspecified atom stereocenters. The van der Waals surface area contributed by atoms with Gasteiger partial charge in [-0.25, -0.2) is 0 Å². The quantitative estimate of drug-likeness (QED) is 0.766. The summed E-state index contributed by atoms with van der Waals surface area (Å²) in [6.07, 6.45) is 5.19. The Morgan fingerprint density at radius 1 is 1.31 bits per heavy atom. The van der Waals surface area contributed by atoms with E-state index in [2.05, 4.69) is 36.1 Å². The van der Waals surface area contributed by atoms with Crippen molar-refractivity contribution in [1.29, 1.82) is 0 Å². The number of nitrogens with zero attached hydrogens (tertiary/aromatic N) is 2. The number of nitrogens with one attached hydrogen (secondary N) is 1. The van der Waals surface area contributed by atoms with E-state index >= 15 is 0 Å². The molecular formula is C10H17N3. The predicted octanol–water partition coefficient (Wildman–Crippen LogP) is 1.61. The van der Waals surface area contributed by atoms with E-state index in [9.17, 15) is 0 Å². The molecule has 0 fully saturated rings. The van der Waals surface area contributed by atoms with E-state index in [1.165, 1.54) is 0 Å². The Morgan fingerprint density at radius 3 is 2.62 bits per heavy atom. The summed E-state index contributed by atoms with van der Waals surface area (Å²) in [5, 5.41) is 3.34. The average molecular weight is 179 g/mol. The summed E-state index contributed by atoms with van der Waals surface area (Å²) in [5.41, 5.74) is 1.31. The lowest BCUT2D eigenvalue weighted by Crippen LogP contribution is -2.26. The van der Waals surface area contributed by atoms with Crippen LogP contribution in [-0.2, 0) is 6.54 Å². The lowest BCUT2D eigenvalue weighted by atomic mass is 9.97. The van der Waals surface area contributed by atoms with E-state index in [-0.39, 0.29) is 0 Å². The largest absolute Gasteiger partial charge is 0.311 e. The standard InChI is InChI=1S/C10H17N3/c1-10(2,3)8-12-7-9-6-11-4-5-13-9/h4-6,12H,7-8H2,1-3H3. The highest BCUT2D eigenvalue weighted by Gasteiger charge is 2.08. The predicted molar refractivity (Wildman–Crippen MR) is 53.2 cm³/mol. The van der Waals surface area contributed by atoms with Gasteiger partial charge in [-0.05, 0) is 5.41 Å². The molecule has 1 aromatic rings. The van der Waals surface area contributed by atoms with Gasteiger partial charge in [-0.15, -0.1) is 0 Å².